The molecule has 0 radical (unpaired) electrons. The Morgan fingerprint density at radius 3 is 2.73 bits per heavy atom. The van der Waals surface area contributed by atoms with Gasteiger partial charge in [-0.1, -0.05) is 11.2 Å². The Balaban J connectivity index is 1.31. The minimum atomic E-state index is -0.427. The normalized spacial score (nSPS) is 21.8. The molecule has 2 aliphatic carbocycles. The molecule has 254 valence electrons. The highest BCUT2D eigenvalue weighted by Crippen LogP contribution is 2.55. The fraction of sp³-hybridized carbons (Fsp3) is 0.500. The molecule has 0 aromatic carbocycles. The summed E-state index contributed by atoms with van der Waals surface area (Å²) in [6, 6.07) is 6.71. The monoisotopic (exact) mass is 677 g/mol. The Labute approximate surface area is 290 Å². The quantitative estimate of drug-likeness (QED) is 0.202. The summed E-state index contributed by atoms with van der Waals surface area (Å²) in [5.74, 6) is 2.63. The first-order valence-corrected chi connectivity index (χ1v) is 18.3. The number of thiophene rings is 1. The number of hydrogen-bond donors (Lipinski definition) is 2. The molecule has 8 rings (SSSR count). The van der Waals surface area contributed by atoms with E-state index in [1.165, 1.54) is 11.3 Å². The second kappa shape index (κ2) is 12.1. The van der Waals surface area contributed by atoms with Crippen molar-refractivity contribution in [3.8, 4) is 17.6 Å². The van der Waals surface area contributed by atoms with Crippen LogP contribution in [0.4, 0.5) is 16.6 Å². The highest BCUT2D eigenvalue weighted by atomic mass is 32.1. The topological polar surface area (TPSA) is 165 Å². The number of pyridine rings is 1. The molecule has 0 amide bonds. The Morgan fingerprint density at radius 1 is 1.18 bits per heavy atom. The van der Waals surface area contributed by atoms with Crippen LogP contribution in [0.2, 0.25) is 0 Å². The second-order valence-electron chi connectivity index (χ2n) is 13.9. The molecule has 0 saturated carbocycles. The third-order valence-corrected chi connectivity index (χ3v) is 12.5. The van der Waals surface area contributed by atoms with Gasteiger partial charge >= 0.3 is 0 Å². The van der Waals surface area contributed by atoms with E-state index in [1.807, 2.05) is 18.3 Å². The van der Waals surface area contributed by atoms with E-state index in [1.54, 1.807) is 17.5 Å². The van der Waals surface area contributed by atoms with E-state index in [0.29, 0.717) is 40.5 Å². The lowest BCUT2D eigenvalue weighted by Crippen LogP contribution is -2.35. The number of likely N-dealkylation sites (tertiary alicyclic amines) is 1. The summed E-state index contributed by atoms with van der Waals surface area (Å²) in [5, 5.41) is 21.4. The molecule has 0 unspecified atom stereocenters. The number of aryl methyl sites for hydroxylation is 1. The van der Waals surface area contributed by atoms with Crippen molar-refractivity contribution >= 4 is 39.0 Å². The van der Waals surface area contributed by atoms with E-state index in [2.05, 4.69) is 53.4 Å². The average molecular weight is 678 g/mol. The van der Waals surface area contributed by atoms with Gasteiger partial charge in [0.2, 0.25) is 0 Å². The van der Waals surface area contributed by atoms with Crippen molar-refractivity contribution in [1.82, 2.24) is 34.8 Å². The third-order valence-electron chi connectivity index (χ3n) is 11.4. The van der Waals surface area contributed by atoms with E-state index in [4.69, 9.17) is 36.2 Å². The van der Waals surface area contributed by atoms with Gasteiger partial charge in [0, 0.05) is 34.8 Å². The first kappa shape index (κ1) is 31.7. The molecule has 4 N–H and O–H groups in total. The number of fused-ring (bicyclic) bond motifs is 5. The fourth-order valence-electron chi connectivity index (χ4n) is 9.02. The zero-order chi connectivity index (χ0) is 34.0. The van der Waals surface area contributed by atoms with Crippen LogP contribution < -0.4 is 16.4 Å². The lowest BCUT2D eigenvalue weighted by Gasteiger charge is -2.39. The fourth-order valence-corrected chi connectivity index (χ4v) is 10.2. The number of rotatable bonds is 7. The molecule has 5 aromatic rings. The van der Waals surface area contributed by atoms with Gasteiger partial charge in [-0.05, 0) is 97.4 Å². The van der Waals surface area contributed by atoms with Gasteiger partial charge in [-0.2, -0.15) is 10.4 Å². The lowest BCUT2D eigenvalue weighted by atomic mass is 9.63. The zero-order valence-electron chi connectivity index (χ0n) is 28.6. The summed E-state index contributed by atoms with van der Waals surface area (Å²) in [7, 11) is 2.19. The molecule has 12 nitrogen and oxygen atoms in total. The number of nitrogen functional groups attached to an aromatic ring is 2. The van der Waals surface area contributed by atoms with Crippen LogP contribution in [-0.4, -0.2) is 61.0 Å². The predicted molar refractivity (Wildman–Crippen MR) is 191 cm³/mol. The molecule has 6 heterocycles. The van der Waals surface area contributed by atoms with Crippen LogP contribution in [-0.2, 0) is 18.3 Å². The van der Waals surface area contributed by atoms with Crippen LogP contribution in [0.25, 0.3) is 22.6 Å². The standard InChI is InChI=1S/C36H43N11OS/c1-5-46(20(2)22-11-8-16-40-31(22)38)34-25-19-41-47(21(3)26-12-9-17-45(26)4)35(25)43-33(42-34)29-23-10-6-14-36(30(23)48-44-29)15-7-13-27-28(36)24(18-37)32(39)49-27/h8,11,16,19-21,26H,5-7,9-10,12-15,17,39H2,1-4H3,(H2,38,40)/t20-,21-,26-,36-/m0/s1. The molecule has 5 aromatic heterocycles. The van der Waals surface area contributed by atoms with Crippen LogP contribution in [0.15, 0.2) is 29.0 Å². The minimum Gasteiger partial charge on any atom is -0.389 e. The number of aromatic nitrogens is 6. The van der Waals surface area contributed by atoms with Crippen molar-refractivity contribution < 1.29 is 4.52 Å². The average Bonchev–Trinajstić information content (AvgIpc) is 3.90. The maximum absolute atomic E-state index is 10.2. The summed E-state index contributed by atoms with van der Waals surface area (Å²) in [4.78, 5) is 20.8. The molecule has 4 atom stereocenters. The molecular formula is C36H43N11OS. The van der Waals surface area contributed by atoms with Gasteiger partial charge in [0.15, 0.2) is 22.9 Å². The van der Waals surface area contributed by atoms with Crippen molar-refractivity contribution in [2.75, 3.05) is 36.5 Å². The summed E-state index contributed by atoms with van der Waals surface area (Å²) in [5.41, 5.74) is 17.4. The van der Waals surface area contributed by atoms with Gasteiger partial charge in [0.25, 0.3) is 0 Å². The first-order chi connectivity index (χ1) is 23.8. The van der Waals surface area contributed by atoms with Gasteiger partial charge in [0.1, 0.15) is 22.7 Å². The van der Waals surface area contributed by atoms with Gasteiger partial charge < -0.3 is 25.8 Å². The van der Waals surface area contributed by atoms with Gasteiger partial charge in [0.05, 0.1) is 34.6 Å². The molecule has 49 heavy (non-hydrogen) atoms. The minimum absolute atomic E-state index is 0.102. The van der Waals surface area contributed by atoms with Crippen molar-refractivity contribution in [2.24, 2.45) is 0 Å². The largest absolute Gasteiger partial charge is 0.389 e. The molecule has 13 heteroatoms. The van der Waals surface area contributed by atoms with Crippen LogP contribution in [0.5, 0.6) is 0 Å². The molecule has 0 bridgehead atoms. The lowest BCUT2D eigenvalue weighted by molar-refractivity contribution is 0.232. The molecule has 3 aliphatic rings. The van der Waals surface area contributed by atoms with E-state index in [0.717, 1.165) is 90.8 Å². The van der Waals surface area contributed by atoms with Crippen molar-refractivity contribution in [2.45, 2.75) is 95.7 Å². The molecule has 1 saturated heterocycles. The number of nitrogens with zero attached hydrogens (tertiary/aromatic N) is 9. The van der Waals surface area contributed by atoms with Gasteiger partial charge in [-0.25, -0.2) is 19.6 Å². The smallest absolute Gasteiger partial charge is 0.186 e. The van der Waals surface area contributed by atoms with Crippen molar-refractivity contribution in [3.63, 3.8) is 0 Å². The van der Waals surface area contributed by atoms with Crippen LogP contribution in [0, 0.1) is 11.3 Å². The van der Waals surface area contributed by atoms with Crippen molar-refractivity contribution in [1.29, 1.82) is 5.26 Å². The maximum atomic E-state index is 10.2. The predicted octanol–water partition coefficient (Wildman–Crippen LogP) is 6.18. The number of likely N-dealkylation sites (N-methyl/N-ethyl adjacent to an activating group) is 1. The number of anilines is 3. The van der Waals surface area contributed by atoms with Crippen LogP contribution in [0.3, 0.4) is 0 Å². The molecule has 1 aliphatic heterocycles. The molecule has 1 fully saturated rings. The van der Waals surface area contributed by atoms with E-state index < -0.39 is 5.41 Å². The Kier molecular flexibility index (Phi) is 7.83. The summed E-state index contributed by atoms with van der Waals surface area (Å²) < 4.78 is 8.45. The summed E-state index contributed by atoms with van der Waals surface area (Å²) in [6.07, 6.45) is 11.4. The van der Waals surface area contributed by atoms with Gasteiger partial charge in [-0.15, -0.1) is 11.3 Å². The van der Waals surface area contributed by atoms with Crippen LogP contribution in [0.1, 0.15) is 104 Å². The summed E-state index contributed by atoms with van der Waals surface area (Å²) >= 11 is 1.55. The second-order valence-corrected chi connectivity index (χ2v) is 15.1. The number of nitrogens with two attached hydrogens (primary N) is 2. The van der Waals surface area contributed by atoms with Crippen molar-refractivity contribution in [3.05, 3.63) is 57.4 Å². The van der Waals surface area contributed by atoms with Gasteiger partial charge in [-0.3, -0.25) is 0 Å². The van der Waals surface area contributed by atoms with Crippen LogP contribution >= 0.6 is 11.3 Å². The zero-order valence-corrected chi connectivity index (χ0v) is 29.4. The molecular weight excluding hydrogens is 635 g/mol. The van der Waals surface area contributed by atoms with E-state index in [9.17, 15) is 5.26 Å². The highest BCUT2D eigenvalue weighted by Gasteiger charge is 2.49. The first-order valence-electron chi connectivity index (χ1n) is 17.5. The SMILES string of the molecule is CCN(c1nc(-c2noc3c2CCC[C@@]32CCCc3sc(N)c(C#N)c32)nc2c1cnn2[C@@H](C)[C@@H]1CCCN1C)[C@@H](C)c1cccnc1N. The number of hydrogen-bond acceptors (Lipinski definition) is 12. The molecule has 1 spiro atoms. The maximum Gasteiger partial charge on any atom is 0.186 e. The number of nitriles is 1. The summed E-state index contributed by atoms with van der Waals surface area (Å²) in [6.45, 7) is 8.24. The van der Waals surface area contributed by atoms with E-state index >= 15 is 0 Å². The van der Waals surface area contributed by atoms with E-state index in [-0.39, 0.29) is 12.1 Å². The Hall–Kier alpha value is -4.54. The third kappa shape index (κ3) is 4.82. The Bertz CT molecular complexity index is 2090. The Morgan fingerprint density at radius 2 is 2.00 bits per heavy atom. The highest BCUT2D eigenvalue weighted by molar-refractivity contribution is 7.16.